The molecule has 0 spiro atoms. The third-order valence-corrected chi connectivity index (χ3v) is 13.2. The molecule has 1 aliphatic rings. The van der Waals surface area contributed by atoms with Gasteiger partial charge >= 0.3 is 8.25 Å². The van der Waals surface area contributed by atoms with Gasteiger partial charge in [-0.3, -0.25) is 58.1 Å². The van der Waals surface area contributed by atoms with Crippen LogP contribution in [-0.2, 0) is 47.4 Å². The number of likely N-dealkylation sites (tertiary alicyclic amines) is 1. The molecule has 2 aromatic carbocycles. The number of primary amides is 1. The molecule has 29 nitrogen and oxygen atoms in total. The van der Waals surface area contributed by atoms with E-state index in [1.54, 1.807) is 45.9 Å². The van der Waals surface area contributed by atoms with Crippen molar-refractivity contribution in [2.24, 2.45) is 55.5 Å². The minimum Gasteiger partial charge on any atom is -0.862 e. The average Bonchev–Trinajstić information content (AvgIpc) is 3.98. The molecule has 1 unspecified atom stereocenters. The highest BCUT2D eigenvalue weighted by Crippen LogP contribution is 2.24. The number of rotatable bonds is 33. The molecular weight excluding hydrogens is 1090 g/mol. The van der Waals surface area contributed by atoms with Gasteiger partial charge in [0.1, 0.15) is 48.9 Å². The van der Waals surface area contributed by atoms with E-state index in [2.05, 4.69) is 46.9 Å². The van der Waals surface area contributed by atoms with E-state index in [9.17, 15) is 57.7 Å². The Kier molecular flexibility index (Phi) is 27.5. The van der Waals surface area contributed by atoms with Crippen molar-refractivity contribution in [3.63, 3.8) is 0 Å². The number of carbonyl (C=O) groups excluding carboxylic acids is 9. The first-order valence-electron chi connectivity index (χ1n) is 26.8. The largest absolute Gasteiger partial charge is 0.862 e. The lowest BCUT2D eigenvalue weighted by Crippen LogP contribution is -2.61. The van der Waals surface area contributed by atoms with Crippen LogP contribution in [0.25, 0.3) is 10.8 Å². The van der Waals surface area contributed by atoms with Gasteiger partial charge in [0.05, 0.1) is 0 Å². The van der Waals surface area contributed by atoms with Crippen LogP contribution in [0.1, 0.15) is 103 Å². The van der Waals surface area contributed by atoms with Gasteiger partial charge in [-0.1, -0.05) is 45.9 Å². The highest BCUT2D eigenvalue weighted by molar-refractivity contribution is 7.32. The molecule has 1 fully saturated rings. The molecular formula is C52H81N16O13P. The molecule has 0 bridgehead atoms. The Morgan fingerprint density at radius 2 is 1.26 bits per heavy atom. The lowest BCUT2D eigenvalue weighted by atomic mass is 9.97. The number of nitrogens with one attached hydrogen (secondary N) is 6. The third-order valence-electron chi connectivity index (χ3n) is 12.9. The van der Waals surface area contributed by atoms with Crippen LogP contribution in [0, 0.1) is 11.8 Å². The zero-order valence-electron chi connectivity index (χ0n) is 47.6. The predicted molar refractivity (Wildman–Crippen MR) is 305 cm³/mol. The van der Waals surface area contributed by atoms with E-state index in [0.717, 1.165) is 18.0 Å². The molecule has 17 N–H and O–H groups in total. The minimum absolute atomic E-state index is 0.00458. The van der Waals surface area contributed by atoms with Gasteiger partial charge in [-0.25, -0.2) is 0 Å². The monoisotopic (exact) mass is 1170 g/mol. The standard InChI is InChI=1S/C52H81N16O13P/c1-27(2)22-37(63-44(72)35(61-30(6)69)12-9-19-58-51(54)55)46(74)66-41(42(70)33-16-15-32-25-34(67(7)8)18-17-31(32)24-33)49(77)62-36(13-10-20-59-52(56)57)45(73)65-39(26-81-82(79)80)47(75)64-38(23-28(3)4)50(78)68-21-11-14-40(68)48(76)60-29(5)43(53)71/h15-18,24-25,27-29,35-41H,9-14,19-23,26H2,1-8H3,(H17-,53,54,55,56,57,58,59,60,61,62,63,64,65,66,69,71,72,73,74,75,76,77,79,80)/t29-,35-,36-,37-,38-,39-,40-,41-/m0/s1. The Labute approximate surface area is 477 Å². The first kappa shape index (κ1) is 68.2. The van der Waals surface area contributed by atoms with Gasteiger partial charge in [0.15, 0.2) is 23.7 Å². The van der Waals surface area contributed by atoms with Crippen LogP contribution < -0.4 is 70.6 Å². The van der Waals surface area contributed by atoms with Gasteiger partial charge in [0.25, 0.3) is 5.91 Å². The molecule has 3 rings (SSSR count). The summed E-state index contributed by atoms with van der Waals surface area (Å²) in [6.07, 6.45) is 0.490. The quantitative estimate of drug-likeness (QED) is 0.00878. The van der Waals surface area contributed by atoms with Crippen LogP contribution in [0.15, 0.2) is 51.4 Å². The Morgan fingerprint density at radius 1 is 0.720 bits per heavy atom. The maximum absolute atomic E-state index is 14.8. The van der Waals surface area contributed by atoms with E-state index in [-0.39, 0.29) is 93.9 Å². The van der Waals surface area contributed by atoms with Gasteiger partial charge in [0, 0.05) is 49.5 Å². The smallest absolute Gasteiger partial charge is 0.694 e. The third kappa shape index (κ3) is 22.5. The molecule has 0 aromatic heterocycles. The molecule has 8 amide bonds. The fraction of sp³-hybridized carbons (Fsp3) is 0.577. The number of hydrogen-bond acceptors (Lipinski definition) is 16. The van der Waals surface area contributed by atoms with Crippen molar-refractivity contribution < 1.29 is 62.2 Å². The second-order valence-electron chi connectivity index (χ2n) is 20.9. The maximum atomic E-state index is 14.8. The lowest BCUT2D eigenvalue weighted by molar-refractivity contribution is -0.216. The highest BCUT2D eigenvalue weighted by atomic mass is 31.1. The summed E-state index contributed by atoms with van der Waals surface area (Å²) in [7, 11) is 0.312. The number of Topliss-reactive ketones (excluding diaryl/α,β-unsaturated/α-hetero) is 1. The van der Waals surface area contributed by atoms with Crippen LogP contribution in [0.4, 0.5) is 5.69 Å². The summed E-state index contributed by atoms with van der Waals surface area (Å²) in [5, 5.41) is 28.5. The Hall–Kier alpha value is -8.04. The van der Waals surface area contributed by atoms with Crippen molar-refractivity contribution in [3.05, 3.63) is 42.0 Å². The fourth-order valence-electron chi connectivity index (χ4n) is 8.73. The van der Waals surface area contributed by atoms with Crippen molar-refractivity contribution in [1.82, 2.24) is 36.8 Å². The number of fused-ring (bicyclic) bond motifs is 1. The van der Waals surface area contributed by atoms with Crippen molar-refractivity contribution in [3.8, 4) is 0 Å². The molecule has 2 aromatic rings. The fourth-order valence-corrected chi connectivity index (χ4v) is 9.01. The molecule has 1 aliphatic heterocycles. The first-order chi connectivity index (χ1) is 38.5. The summed E-state index contributed by atoms with van der Waals surface area (Å²) in [6.45, 7) is 8.70. The maximum Gasteiger partial charge on any atom is 0.694 e. The number of ketones is 1. The second-order valence-corrected chi connectivity index (χ2v) is 21.6. The Bertz CT molecular complexity index is 2710. The predicted octanol–water partition coefficient (Wildman–Crippen LogP) is -2.49. The van der Waals surface area contributed by atoms with Gasteiger partial charge in [0.2, 0.25) is 41.4 Å². The normalized spacial score (nSPS) is 16.0. The zero-order valence-corrected chi connectivity index (χ0v) is 48.5. The average molecular weight is 1170 g/mol. The van der Waals surface area contributed by atoms with Gasteiger partial charge < -0.3 is 75.5 Å². The van der Waals surface area contributed by atoms with Gasteiger partial charge in [-0.15, -0.1) is 9.42 Å². The van der Waals surface area contributed by atoms with Crippen molar-refractivity contribution in [2.45, 2.75) is 141 Å². The number of amides is 8. The molecule has 9 atom stereocenters. The number of guanidine groups is 2. The number of benzene rings is 2. The molecule has 1 saturated heterocycles. The SMILES string of the molecule is CC([O-])=N[C@@H](CCCN=C(N)N)C(=O)N[C@@H](CC(C)C)C(=O)N[C@H](C(=O)N[C@@H](CCCN=C(N)N)C(=O)N[C@@H](CO[P+](=O)O)C(=O)N[C@@H](CC(C)C)C(=O)N1CCC[C@H]1C(=O)N[C@@H](C)C(N)=O)C(=O)c1ccc2cc(N(C)C)ccc2c1. The van der Waals surface area contributed by atoms with Crippen molar-refractivity contribution >= 4 is 95.6 Å². The zero-order chi connectivity index (χ0) is 61.5. The number of carbonyl (C=O) groups is 9. The van der Waals surface area contributed by atoms with Crippen molar-refractivity contribution in [2.75, 3.05) is 45.2 Å². The van der Waals surface area contributed by atoms with Crippen LogP contribution in [0.2, 0.25) is 0 Å². The number of nitrogens with zero attached hydrogens (tertiary/aromatic N) is 5. The number of hydrogen-bond donors (Lipinski definition) is 12. The van der Waals surface area contributed by atoms with E-state index in [1.165, 1.54) is 24.0 Å². The summed E-state index contributed by atoms with van der Waals surface area (Å²) in [5.41, 5.74) is 28.1. The summed E-state index contributed by atoms with van der Waals surface area (Å²) < 4.78 is 16.8. The first-order valence-corrected chi connectivity index (χ1v) is 27.9. The van der Waals surface area contributed by atoms with Gasteiger partial charge in [-0.2, -0.15) is 0 Å². The highest BCUT2D eigenvalue weighted by Gasteiger charge is 2.41. The van der Waals surface area contributed by atoms with Crippen LogP contribution in [-0.4, -0.2) is 169 Å². The van der Waals surface area contributed by atoms with Crippen molar-refractivity contribution in [1.29, 1.82) is 0 Å². The van der Waals surface area contributed by atoms with E-state index >= 15 is 0 Å². The molecule has 452 valence electrons. The lowest BCUT2D eigenvalue weighted by Gasteiger charge is -2.31. The molecule has 30 heteroatoms. The van der Waals surface area contributed by atoms with E-state index in [0.29, 0.717) is 11.8 Å². The molecule has 0 saturated carbocycles. The van der Waals surface area contributed by atoms with E-state index < -0.39 is 122 Å². The molecule has 0 radical (unpaired) electrons. The molecule has 0 aliphatic carbocycles. The number of aliphatic imine (C=N–C) groups is 3. The molecule has 1 heterocycles. The van der Waals surface area contributed by atoms with Crippen LogP contribution in [0.3, 0.4) is 0 Å². The van der Waals surface area contributed by atoms with Crippen LogP contribution in [0.5, 0.6) is 0 Å². The summed E-state index contributed by atoms with van der Waals surface area (Å²) in [6, 6.07) is -1.78. The Morgan fingerprint density at radius 3 is 1.83 bits per heavy atom. The van der Waals surface area contributed by atoms with E-state index in [4.69, 9.17) is 33.2 Å². The van der Waals surface area contributed by atoms with Crippen LogP contribution >= 0.6 is 8.25 Å². The number of nitrogens with two attached hydrogens (primary N) is 5. The van der Waals surface area contributed by atoms with E-state index in [1.807, 2.05) is 25.1 Å². The molecule has 82 heavy (non-hydrogen) atoms. The summed E-state index contributed by atoms with van der Waals surface area (Å²) in [5.74, 6) is -10.1. The summed E-state index contributed by atoms with van der Waals surface area (Å²) in [4.78, 5) is 150. The summed E-state index contributed by atoms with van der Waals surface area (Å²) >= 11 is 0. The minimum atomic E-state index is -3.38. The topological polar surface area (TPSA) is 469 Å². The number of anilines is 1. The Balaban J connectivity index is 2.11. The van der Waals surface area contributed by atoms with Gasteiger partial charge in [-0.05, 0) is 112 Å². The second kappa shape index (κ2) is 33.0.